The van der Waals surface area contributed by atoms with Crippen LogP contribution in [0.2, 0.25) is 0 Å². The minimum Gasteiger partial charge on any atom is -0.475 e. The van der Waals surface area contributed by atoms with Crippen molar-refractivity contribution in [3.8, 4) is 5.88 Å². The number of unbranched alkanes of at least 4 members (excludes halogenated alkanes) is 6. The van der Waals surface area contributed by atoms with Gasteiger partial charge < -0.3 is 9.47 Å². The van der Waals surface area contributed by atoms with E-state index in [0.29, 0.717) is 17.0 Å². The highest BCUT2D eigenvalue weighted by Crippen LogP contribution is 2.43. The third-order valence-corrected chi connectivity index (χ3v) is 8.98. The molecule has 0 aromatic carbocycles. The third kappa shape index (κ3) is 7.77. The smallest absolute Gasteiger partial charge is 0.316 e. The van der Waals surface area contributed by atoms with Gasteiger partial charge in [0, 0.05) is 18.9 Å². The van der Waals surface area contributed by atoms with Gasteiger partial charge in [-0.25, -0.2) is 0 Å². The van der Waals surface area contributed by atoms with Gasteiger partial charge in [0.1, 0.15) is 12.2 Å². The molecule has 204 valence electrons. The lowest BCUT2D eigenvalue weighted by Crippen LogP contribution is -2.56. The van der Waals surface area contributed by atoms with Crippen molar-refractivity contribution in [3.05, 3.63) is 11.8 Å². The minimum atomic E-state index is -0.272. The van der Waals surface area contributed by atoms with E-state index in [9.17, 15) is 4.79 Å². The Bertz CT molecular complexity index is 833. The summed E-state index contributed by atoms with van der Waals surface area (Å²) in [6.45, 7) is 8.95. The average Bonchev–Trinajstić information content (AvgIpc) is 3.36. The maximum Gasteiger partial charge on any atom is 0.316 e. The van der Waals surface area contributed by atoms with Crippen LogP contribution in [-0.2, 0) is 9.53 Å². The summed E-state index contributed by atoms with van der Waals surface area (Å²) in [6.07, 6.45) is 19.0. The lowest BCUT2D eigenvalue weighted by Gasteiger charge is -2.43. The Morgan fingerprint density at radius 2 is 1.78 bits per heavy atom. The van der Waals surface area contributed by atoms with E-state index in [1.807, 2.05) is 0 Å². The summed E-state index contributed by atoms with van der Waals surface area (Å²) in [4.78, 5) is 13.6. The van der Waals surface area contributed by atoms with Gasteiger partial charge in [-0.2, -0.15) is 4.37 Å². The number of carbonyl (C=O) groups excluding carboxylic acids is 1. The van der Waals surface area contributed by atoms with Crippen molar-refractivity contribution >= 4 is 23.3 Å². The molecular weight excluding hydrogens is 470 g/mol. The predicted molar refractivity (Wildman–Crippen MR) is 148 cm³/mol. The lowest BCUT2D eigenvalue weighted by atomic mass is 9.71. The molecule has 0 N–H and O–H groups in total. The Morgan fingerprint density at radius 1 is 1.06 bits per heavy atom. The quantitative estimate of drug-likeness (QED) is 0.136. The van der Waals surface area contributed by atoms with Gasteiger partial charge in [0.2, 0.25) is 6.23 Å². The molecule has 0 radical (unpaired) electrons. The number of likely N-dealkylation sites (N-methyl/N-ethyl adjacent to an activating group) is 1. The van der Waals surface area contributed by atoms with Gasteiger partial charge in [-0.15, -0.1) is 4.37 Å². The maximum atomic E-state index is 13.6. The van der Waals surface area contributed by atoms with Gasteiger partial charge in [-0.1, -0.05) is 84.1 Å². The van der Waals surface area contributed by atoms with E-state index in [1.165, 1.54) is 56.7 Å². The normalized spacial score (nSPS) is 22.6. The van der Waals surface area contributed by atoms with Crippen molar-refractivity contribution in [1.29, 1.82) is 0 Å². The Labute approximate surface area is 223 Å². The summed E-state index contributed by atoms with van der Waals surface area (Å²) in [5.41, 5.74) is 1.76. The van der Waals surface area contributed by atoms with Crippen molar-refractivity contribution in [1.82, 2.24) is 8.75 Å². The summed E-state index contributed by atoms with van der Waals surface area (Å²) < 4.78 is 22.1. The summed E-state index contributed by atoms with van der Waals surface area (Å²) in [5, 5.41) is 0. The molecule has 36 heavy (non-hydrogen) atoms. The number of quaternary nitrogens is 1. The maximum absolute atomic E-state index is 13.6. The van der Waals surface area contributed by atoms with E-state index in [-0.39, 0.29) is 17.6 Å². The van der Waals surface area contributed by atoms with Crippen LogP contribution in [0.1, 0.15) is 123 Å². The second-order valence-electron chi connectivity index (χ2n) is 11.4. The van der Waals surface area contributed by atoms with Crippen LogP contribution < -0.4 is 4.74 Å². The zero-order chi connectivity index (χ0) is 25.9. The molecule has 0 bridgehead atoms. The van der Waals surface area contributed by atoms with Gasteiger partial charge >= 0.3 is 5.97 Å². The highest BCUT2D eigenvalue weighted by Gasteiger charge is 2.44. The molecule has 2 aliphatic rings. The first kappa shape index (κ1) is 29.1. The molecule has 7 heteroatoms. The first-order valence-electron chi connectivity index (χ1n) is 14.6. The molecule has 3 rings (SSSR count). The van der Waals surface area contributed by atoms with Crippen molar-refractivity contribution < 1.29 is 18.8 Å². The number of ether oxygens (including phenoxy) is 2. The SMILES string of the molecule is CCCCCCOc1nsnc1C1=CCC[N+](C)(C(C)OC(=O)C2(CCCCCC)CCCCC2)C1. The standard InChI is InChI=1S/C29H50N3O3S/c1-5-7-9-12-18-29(19-13-11-14-20-29)28(33)35-24(3)32(4)21-16-17-25(23-32)26-27(31-36-30-26)34-22-15-10-8-6-2/h17,24H,5-16,18-23H2,1-4H3/q+1. The van der Waals surface area contributed by atoms with Crippen molar-refractivity contribution in [3.63, 3.8) is 0 Å². The largest absolute Gasteiger partial charge is 0.475 e. The molecule has 1 saturated carbocycles. The fraction of sp³-hybridized carbons (Fsp3) is 0.828. The molecule has 1 aromatic heterocycles. The van der Waals surface area contributed by atoms with Crippen LogP contribution in [0, 0.1) is 5.41 Å². The zero-order valence-corrected chi connectivity index (χ0v) is 24.2. The fourth-order valence-corrected chi connectivity index (χ4v) is 6.33. The zero-order valence-electron chi connectivity index (χ0n) is 23.4. The van der Waals surface area contributed by atoms with Crippen LogP contribution >= 0.6 is 11.7 Å². The Hall–Kier alpha value is -1.47. The Morgan fingerprint density at radius 3 is 2.50 bits per heavy atom. The first-order valence-corrected chi connectivity index (χ1v) is 15.4. The summed E-state index contributed by atoms with van der Waals surface area (Å²) in [5.74, 6) is 0.710. The summed E-state index contributed by atoms with van der Waals surface area (Å²) in [6, 6.07) is 0. The number of rotatable bonds is 15. The number of esters is 1. The highest BCUT2D eigenvalue weighted by atomic mass is 32.1. The van der Waals surface area contributed by atoms with E-state index in [2.05, 4.69) is 42.6 Å². The summed E-state index contributed by atoms with van der Waals surface area (Å²) in [7, 11) is 2.21. The van der Waals surface area contributed by atoms with E-state index >= 15 is 0 Å². The fourth-order valence-electron chi connectivity index (χ4n) is 5.80. The van der Waals surface area contributed by atoms with Crippen LogP contribution in [-0.4, -0.2) is 52.2 Å². The summed E-state index contributed by atoms with van der Waals surface area (Å²) >= 11 is 1.22. The second-order valence-corrected chi connectivity index (χ2v) is 11.9. The molecule has 0 saturated heterocycles. The van der Waals surface area contributed by atoms with E-state index in [1.54, 1.807) is 0 Å². The Balaban J connectivity index is 1.61. The molecule has 2 heterocycles. The van der Waals surface area contributed by atoms with Crippen molar-refractivity contribution in [2.75, 3.05) is 26.7 Å². The van der Waals surface area contributed by atoms with Crippen LogP contribution in [0.15, 0.2) is 6.08 Å². The molecule has 0 amide bonds. The lowest BCUT2D eigenvalue weighted by molar-refractivity contribution is -0.944. The van der Waals surface area contributed by atoms with Crippen LogP contribution in [0.25, 0.3) is 5.57 Å². The highest BCUT2D eigenvalue weighted by molar-refractivity contribution is 6.99. The molecular formula is C29H50N3O3S+. The molecule has 0 spiro atoms. The average molecular weight is 521 g/mol. The van der Waals surface area contributed by atoms with Gasteiger partial charge in [0.25, 0.3) is 5.88 Å². The molecule has 1 fully saturated rings. The van der Waals surface area contributed by atoms with Gasteiger partial charge in [0.05, 0.1) is 37.3 Å². The van der Waals surface area contributed by atoms with Crippen molar-refractivity contribution in [2.24, 2.45) is 5.41 Å². The first-order chi connectivity index (χ1) is 17.4. The molecule has 2 unspecified atom stereocenters. The number of aromatic nitrogens is 2. The molecule has 2 atom stereocenters. The predicted octanol–water partition coefficient (Wildman–Crippen LogP) is 7.54. The topological polar surface area (TPSA) is 61.3 Å². The second kappa shape index (κ2) is 14.5. The van der Waals surface area contributed by atoms with E-state index in [0.717, 1.165) is 75.7 Å². The number of nitrogens with zero attached hydrogens (tertiary/aromatic N) is 3. The van der Waals surface area contributed by atoms with Crippen LogP contribution in [0.4, 0.5) is 0 Å². The van der Waals surface area contributed by atoms with E-state index < -0.39 is 0 Å². The van der Waals surface area contributed by atoms with Gasteiger partial charge in [-0.3, -0.25) is 9.28 Å². The van der Waals surface area contributed by atoms with Crippen LogP contribution in [0.5, 0.6) is 5.88 Å². The minimum absolute atomic E-state index is 0.0491. The van der Waals surface area contributed by atoms with Crippen LogP contribution in [0.3, 0.4) is 0 Å². The van der Waals surface area contributed by atoms with E-state index in [4.69, 9.17) is 9.47 Å². The van der Waals surface area contributed by atoms with Gasteiger partial charge in [-0.05, 0) is 25.7 Å². The third-order valence-electron chi connectivity index (χ3n) is 8.47. The molecule has 1 aromatic rings. The van der Waals surface area contributed by atoms with Gasteiger partial charge in [0.15, 0.2) is 0 Å². The monoisotopic (exact) mass is 520 g/mol. The number of carbonyl (C=O) groups is 1. The molecule has 1 aliphatic heterocycles. The van der Waals surface area contributed by atoms with Crippen molar-refractivity contribution in [2.45, 2.75) is 123 Å². The molecule has 1 aliphatic carbocycles. The number of hydrogen-bond donors (Lipinski definition) is 0. The Kier molecular flexibility index (Phi) is 11.7. The number of hydrogen-bond acceptors (Lipinski definition) is 6. The molecule has 6 nitrogen and oxygen atoms in total.